The zero-order valence-electron chi connectivity index (χ0n) is 14.0. The van der Waals surface area contributed by atoms with Crippen LogP contribution in [0.15, 0.2) is 36.4 Å². The number of para-hydroxylation sites is 1. The first-order valence-electron chi connectivity index (χ1n) is 8.27. The lowest BCUT2D eigenvalue weighted by Gasteiger charge is -2.37. The number of hydrogen-bond acceptors (Lipinski definition) is 4. The molecule has 144 valence electrons. The molecule has 3 atom stereocenters. The van der Waals surface area contributed by atoms with Crippen LogP contribution in [0.4, 0.5) is 13.2 Å². The molecule has 2 N–H and O–H groups in total. The van der Waals surface area contributed by atoms with Crippen molar-refractivity contribution in [3.8, 4) is 5.75 Å². The Morgan fingerprint density at radius 3 is 2.65 bits per heavy atom. The minimum Gasteiger partial charge on any atom is -0.508 e. The van der Waals surface area contributed by atoms with Crippen LogP contribution in [0.3, 0.4) is 0 Å². The number of benzene rings is 1. The second kappa shape index (κ2) is 9.05. The van der Waals surface area contributed by atoms with Crippen molar-refractivity contribution in [2.45, 2.75) is 44.3 Å². The first kappa shape index (κ1) is 20.3. The fraction of sp³-hybridized carbons (Fsp3) is 0.500. The van der Waals surface area contributed by atoms with E-state index in [-0.39, 0.29) is 24.3 Å². The number of halogens is 3. The Labute approximate surface area is 149 Å². The third-order valence-electron chi connectivity index (χ3n) is 4.04. The molecular formula is C18H21F3O5. The number of carboxylic acid groups (broad SMARTS) is 1. The maximum absolute atomic E-state index is 12.9. The van der Waals surface area contributed by atoms with Gasteiger partial charge >= 0.3 is 12.1 Å². The molecule has 1 fully saturated rings. The number of unbranched alkanes of at least 4 members (excludes halogenated alkanes) is 1. The molecule has 0 saturated carbocycles. The summed E-state index contributed by atoms with van der Waals surface area (Å²) in [6.07, 6.45) is -2.87. The maximum atomic E-state index is 12.9. The van der Waals surface area contributed by atoms with Crippen molar-refractivity contribution in [1.82, 2.24) is 0 Å². The highest BCUT2D eigenvalue weighted by atomic mass is 19.4. The summed E-state index contributed by atoms with van der Waals surface area (Å²) in [5, 5.41) is 18.6. The van der Waals surface area contributed by atoms with E-state index in [0.717, 1.165) is 0 Å². The van der Waals surface area contributed by atoms with Gasteiger partial charge in [0.1, 0.15) is 5.75 Å². The van der Waals surface area contributed by atoms with Gasteiger partial charge in [0.2, 0.25) is 0 Å². The molecule has 0 radical (unpaired) electrons. The van der Waals surface area contributed by atoms with Gasteiger partial charge in [-0.05, 0) is 25.3 Å². The van der Waals surface area contributed by atoms with Crippen LogP contribution >= 0.6 is 0 Å². The van der Waals surface area contributed by atoms with Crippen LogP contribution in [0.25, 0.3) is 0 Å². The van der Waals surface area contributed by atoms with Gasteiger partial charge in [0.05, 0.1) is 12.7 Å². The summed E-state index contributed by atoms with van der Waals surface area (Å²) in [6.45, 7) is -0.164. The van der Waals surface area contributed by atoms with Crippen LogP contribution in [0.2, 0.25) is 0 Å². The number of hydrogen-bond donors (Lipinski definition) is 2. The molecule has 0 spiro atoms. The first-order valence-corrected chi connectivity index (χ1v) is 8.27. The minimum absolute atomic E-state index is 0.0633. The number of aromatic hydroxyl groups is 1. The molecule has 26 heavy (non-hydrogen) atoms. The second-order valence-corrected chi connectivity index (χ2v) is 6.08. The molecule has 8 heteroatoms. The second-order valence-electron chi connectivity index (χ2n) is 6.08. The van der Waals surface area contributed by atoms with E-state index in [4.69, 9.17) is 14.6 Å². The zero-order chi connectivity index (χ0) is 19.2. The van der Waals surface area contributed by atoms with E-state index in [0.29, 0.717) is 19.3 Å². The largest absolute Gasteiger partial charge is 0.508 e. The number of aliphatic carboxylic acids is 1. The van der Waals surface area contributed by atoms with Gasteiger partial charge in [0.25, 0.3) is 6.29 Å². The van der Waals surface area contributed by atoms with Crippen LogP contribution in [0, 0.1) is 5.92 Å². The molecule has 1 heterocycles. The van der Waals surface area contributed by atoms with E-state index < -0.39 is 30.5 Å². The van der Waals surface area contributed by atoms with Crippen molar-refractivity contribution in [3.05, 3.63) is 42.0 Å². The fourth-order valence-corrected chi connectivity index (χ4v) is 2.76. The molecule has 1 saturated heterocycles. The number of alkyl halides is 3. The van der Waals surface area contributed by atoms with Crippen LogP contribution in [0.1, 0.15) is 37.4 Å². The standard InChI is InChI=1S/C18H21F3O5/c19-18(20,21)17-25-11-12(7-3-1-2-4-10-15(23)24)16(26-17)13-8-5-6-9-14(13)22/h1,3,5-6,8-9,12,16-17,22H,2,4,7,10-11H2,(H,23,24)/b3-1-/t12-,16+,17+/m0/s1. The van der Waals surface area contributed by atoms with Crippen LogP contribution in [-0.4, -0.2) is 35.3 Å². The summed E-state index contributed by atoms with van der Waals surface area (Å²) < 4.78 is 48.8. The molecule has 1 aromatic carbocycles. The van der Waals surface area contributed by atoms with Gasteiger partial charge in [-0.25, -0.2) is 0 Å². The van der Waals surface area contributed by atoms with Gasteiger partial charge in [0.15, 0.2) is 0 Å². The molecule has 0 unspecified atom stereocenters. The van der Waals surface area contributed by atoms with E-state index in [9.17, 15) is 23.1 Å². The van der Waals surface area contributed by atoms with E-state index >= 15 is 0 Å². The summed E-state index contributed by atoms with van der Waals surface area (Å²) in [6, 6.07) is 6.13. The van der Waals surface area contributed by atoms with Gasteiger partial charge < -0.3 is 19.7 Å². The molecule has 0 aromatic heterocycles. The van der Waals surface area contributed by atoms with E-state index in [1.54, 1.807) is 24.3 Å². The Morgan fingerprint density at radius 2 is 2.00 bits per heavy atom. The highest BCUT2D eigenvalue weighted by molar-refractivity contribution is 5.66. The maximum Gasteiger partial charge on any atom is 0.440 e. The van der Waals surface area contributed by atoms with Crippen LogP contribution in [-0.2, 0) is 14.3 Å². The fourth-order valence-electron chi connectivity index (χ4n) is 2.76. The average Bonchev–Trinajstić information content (AvgIpc) is 2.57. The Hall–Kier alpha value is -2.06. The SMILES string of the molecule is O=C(O)CCC/C=C\C[C@H]1CO[C@@H](C(F)(F)F)O[C@H]1c1ccccc1O. The van der Waals surface area contributed by atoms with E-state index in [2.05, 4.69) is 0 Å². The summed E-state index contributed by atoms with van der Waals surface area (Å²) >= 11 is 0. The number of ether oxygens (including phenoxy) is 2. The van der Waals surface area contributed by atoms with Crippen molar-refractivity contribution < 1.29 is 37.7 Å². The third kappa shape index (κ3) is 5.74. The molecular weight excluding hydrogens is 353 g/mol. The highest BCUT2D eigenvalue weighted by Crippen LogP contribution is 2.41. The third-order valence-corrected chi connectivity index (χ3v) is 4.04. The van der Waals surface area contributed by atoms with Crippen molar-refractivity contribution >= 4 is 5.97 Å². The first-order chi connectivity index (χ1) is 12.3. The molecule has 0 amide bonds. The number of carbonyl (C=O) groups is 1. The lowest BCUT2D eigenvalue weighted by atomic mass is 9.91. The van der Waals surface area contributed by atoms with Crippen molar-refractivity contribution in [2.24, 2.45) is 5.92 Å². The van der Waals surface area contributed by atoms with Crippen molar-refractivity contribution in [2.75, 3.05) is 6.61 Å². The molecule has 0 aliphatic carbocycles. The van der Waals surface area contributed by atoms with Gasteiger partial charge in [-0.3, -0.25) is 4.79 Å². The summed E-state index contributed by atoms with van der Waals surface area (Å²) in [4.78, 5) is 10.5. The van der Waals surface area contributed by atoms with E-state index in [1.807, 2.05) is 0 Å². The van der Waals surface area contributed by atoms with Crippen molar-refractivity contribution in [3.63, 3.8) is 0 Å². The van der Waals surface area contributed by atoms with Gasteiger partial charge in [0, 0.05) is 17.9 Å². The summed E-state index contributed by atoms with van der Waals surface area (Å²) in [5.74, 6) is -1.40. The lowest BCUT2D eigenvalue weighted by molar-refractivity contribution is -0.353. The molecule has 0 bridgehead atoms. The molecule has 1 aliphatic heterocycles. The lowest BCUT2D eigenvalue weighted by Crippen LogP contribution is -2.43. The Balaban J connectivity index is 2.05. The van der Waals surface area contributed by atoms with Gasteiger partial charge in [-0.1, -0.05) is 30.4 Å². The zero-order valence-corrected chi connectivity index (χ0v) is 14.0. The smallest absolute Gasteiger partial charge is 0.440 e. The molecule has 1 aliphatic rings. The quantitative estimate of drug-likeness (QED) is 0.553. The van der Waals surface area contributed by atoms with Gasteiger partial charge in [-0.15, -0.1) is 0 Å². The highest BCUT2D eigenvalue weighted by Gasteiger charge is 2.48. The number of rotatable bonds is 7. The molecule has 5 nitrogen and oxygen atoms in total. The summed E-state index contributed by atoms with van der Waals surface area (Å²) in [5.41, 5.74) is 0.286. The molecule has 2 rings (SSSR count). The predicted octanol–water partition coefficient (Wildman–Crippen LogP) is 4.19. The van der Waals surface area contributed by atoms with E-state index in [1.165, 1.54) is 12.1 Å². The number of allylic oxidation sites excluding steroid dienone is 2. The number of phenols is 1. The van der Waals surface area contributed by atoms with Crippen LogP contribution < -0.4 is 0 Å². The Kier molecular flexibility index (Phi) is 7.05. The average molecular weight is 374 g/mol. The predicted molar refractivity (Wildman–Crippen MR) is 86.5 cm³/mol. The van der Waals surface area contributed by atoms with Gasteiger partial charge in [-0.2, -0.15) is 13.2 Å². The number of phenolic OH excluding ortho intramolecular Hbond substituents is 1. The molecule has 1 aromatic rings. The topological polar surface area (TPSA) is 76.0 Å². The normalized spacial score (nSPS) is 24.0. The Bertz CT molecular complexity index is 629. The Morgan fingerprint density at radius 1 is 1.27 bits per heavy atom. The van der Waals surface area contributed by atoms with Crippen LogP contribution in [0.5, 0.6) is 5.75 Å². The summed E-state index contributed by atoms with van der Waals surface area (Å²) in [7, 11) is 0. The van der Waals surface area contributed by atoms with Crippen molar-refractivity contribution in [1.29, 1.82) is 0 Å². The number of carboxylic acids is 1. The minimum atomic E-state index is -4.65. The monoisotopic (exact) mass is 374 g/mol.